The summed E-state index contributed by atoms with van der Waals surface area (Å²) in [5.74, 6) is -12.3. The van der Waals surface area contributed by atoms with Gasteiger partial charge in [0.15, 0.2) is 5.96 Å². The summed E-state index contributed by atoms with van der Waals surface area (Å²) in [6, 6.07) is -5.70. The summed E-state index contributed by atoms with van der Waals surface area (Å²) in [5.41, 5.74) is 22.5. The molecule has 73 heavy (non-hydrogen) atoms. The van der Waals surface area contributed by atoms with Gasteiger partial charge in [-0.25, -0.2) is 4.79 Å². The van der Waals surface area contributed by atoms with Crippen molar-refractivity contribution >= 4 is 65.2 Å². The van der Waals surface area contributed by atoms with Crippen LogP contribution in [-0.2, 0) is 54.4 Å². The quantitative estimate of drug-likeness (QED) is 0.0177. The van der Waals surface area contributed by atoms with E-state index in [2.05, 4.69) is 47.5 Å². The molecule has 1 rings (SSSR count). The minimum absolute atomic E-state index is 0.0419. The van der Waals surface area contributed by atoms with Gasteiger partial charge in [0.25, 0.3) is 0 Å². The molecule has 0 heterocycles. The van der Waals surface area contributed by atoms with Crippen molar-refractivity contribution in [3.8, 4) is 5.75 Å². The summed E-state index contributed by atoms with van der Waals surface area (Å²) in [6.07, 6.45) is 0.564. The molecule has 1 aromatic rings. The molecule has 0 unspecified atom stereocenters. The number of nitrogens with one attached hydrogen (secondary N) is 8. The van der Waals surface area contributed by atoms with E-state index >= 15 is 0 Å². The highest BCUT2D eigenvalue weighted by Gasteiger charge is 2.36. The first-order valence-electron chi connectivity index (χ1n) is 24.0. The molecule has 0 saturated heterocycles. The highest BCUT2D eigenvalue weighted by Crippen LogP contribution is 2.15. The molecule has 0 aliphatic carbocycles. The SMILES string of the molecule is CC[C@H](C)[C@H](NC(=O)[C@H](Cc1ccc(O)cc1)NC(=O)[C@@H](NC(=O)[C@H](CC(=O)O)NC(=O)[C@@H](NC(=O)[C@@H](N)CCCN=C(N)N)C(C)C)C(C)C)C(=O)NCC(=O)N[C@@H](CO)C(=O)N[C@@H](CCCCN)C(=O)O. The number of benzene rings is 1. The number of aliphatic hydroxyl groups is 1. The van der Waals surface area contributed by atoms with Crippen LogP contribution < -0.4 is 65.5 Å². The van der Waals surface area contributed by atoms with Gasteiger partial charge >= 0.3 is 11.9 Å². The lowest BCUT2D eigenvalue weighted by Crippen LogP contribution is -2.61. The van der Waals surface area contributed by atoms with Crippen molar-refractivity contribution in [2.45, 2.75) is 141 Å². The highest BCUT2D eigenvalue weighted by atomic mass is 16.4. The van der Waals surface area contributed by atoms with Crippen LogP contribution in [-0.4, -0.2) is 160 Å². The number of unbranched alkanes of at least 4 members (excludes halogenated alkanes) is 1. The Labute approximate surface area is 423 Å². The summed E-state index contributed by atoms with van der Waals surface area (Å²) in [4.78, 5) is 135. The van der Waals surface area contributed by atoms with Gasteiger partial charge in [0.2, 0.25) is 47.3 Å². The van der Waals surface area contributed by atoms with Crippen LogP contribution in [0.25, 0.3) is 0 Å². The average Bonchev–Trinajstić information content (AvgIpc) is 3.32. The van der Waals surface area contributed by atoms with E-state index in [1.54, 1.807) is 41.5 Å². The van der Waals surface area contributed by atoms with Crippen LogP contribution in [0.15, 0.2) is 29.3 Å². The van der Waals surface area contributed by atoms with E-state index in [9.17, 15) is 68.4 Å². The summed E-state index contributed by atoms with van der Waals surface area (Å²) in [5, 5.41) is 58.4. The fraction of sp³-hybridized carbons (Fsp3) is 0.630. The van der Waals surface area contributed by atoms with Gasteiger partial charge in [0.05, 0.1) is 25.6 Å². The van der Waals surface area contributed by atoms with E-state index < -0.39 is 145 Å². The minimum Gasteiger partial charge on any atom is -0.508 e. The van der Waals surface area contributed by atoms with Crippen LogP contribution in [0.5, 0.6) is 5.75 Å². The predicted molar refractivity (Wildman–Crippen MR) is 265 cm³/mol. The van der Waals surface area contributed by atoms with Crippen molar-refractivity contribution in [3.63, 3.8) is 0 Å². The third-order valence-electron chi connectivity index (χ3n) is 11.4. The molecule has 0 saturated carbocycles. The van der Waals surface area contributed by atoms with Crippen LogP contribution in [0.4, 0.5) is 0 Å². The van der Waals surface area contributed by atoms with Crippen molar-refractivity contribution in [1.29, 1.82) is 0 Å². The van der Waals surface area contributed by atoms with Gasteiger partial charge in [0.1, 0.15) is 48.0 Å². The molecule has 0 bridgehead atoms. The molecule has 1 aromatic carbocycles. The maximum absolute atomic E-state index is 14.2. The van der Waals surface area contributed by atoms with Crippen LogP contribution in [0.2, 0.25) is 0 Å². The first kappa shape index (κ1) is 63.9. The number of aliphatic hydroxyl groups excluding tert-OH is 1. The molecule has 0 aliphatic heterocycles. The Kier molecular flexibility index (Phi) is 28.7. The fourth-order valence-corrected chi connectivity index (χ4v) is 6.91. The summed E-state index contributed by atoms with van der Waals surface area (Å²) < 4.78 is 0. The Bertz CT molecular complexity index is 2050. The topological polar surface area (TPSA) is 464 Å². The molecule has 0 spiro atoms. The van der Waals surface area contributed by atoms with Crippen LogP contribution in [0.1, 0.15) is 92.1 Å². The van der Waals surface area contributed by atoms with E-state index in [-0.39, 0.29) is 37.5 Å². The van der Waals surface area contributed by atoms with Crippen molar-refractivity contribution in [1.82, 2.24) is 42.5 Å². The second kappa shape index (κ2) is 32.8. The largest absolute Gasteiger partial charge is 0.508 e. The number of aliphatic carboxylic acids is 2. The van der Waals surface area contributed by atoms with Gasteiger partial charge in [-0.2, -0.15) is 0 Å². The molecule has 0 aliphatic rings. The smallest absolute Gasteiger partial charge is 0.326 e. The number of rotatable bonds is 34. The molecule has 27 nitrogen and oxygen atoms in total. The lowest BCUT2D eigenvalue weighted by atomic mass is 9.96. The standard InChI is InChI=1S/C46H77N13O14/c1-7-25(6)37(42(69)52-21-33(62)53-32(22-60)41(68)54-29(45(72)73)12-8-9-17-47)59-39(66)30(19-26-13-15-27(61)16-14-26)55-44(71)36(24(4)5)58-40(67)31(20-34(63)64)56-43(70)35(23(2)3)57-38(65)28(48)11-10-18-51-46(49)50/h13-16,23-25,28-32,35-37,60-61H,7-12,17-22,47-48H2,1-6H3,(H,52,69)(H,53,62)(H,54,68)(H,55,71)(H,56,70)(H,57,65)(H,58,67)(H,59,66)(H,63,64)(H,72,73)(H4,49,50,51)/t25-,28-,29-,30-,31-,32-,35-,36-,37-/m0/s1. The maximum Gasteiger partial charge on any atom is 0.326 e. The van der Waals surface area contributed by atoms with Gasteiger partial charge in [-0.15, -0.1) is 0 Å². The molecule has 20 N–H and O–H groups in total. The van der Waals surface area contributed by atoms with Gasteiger partial charge in [-0.3, -0.25) is 48.1 Å². The summed E-state index contributed by atoms with van der Waals surface area (Å²) >= 11 is 0. The zero-order chi connectivity index (χ0) is 55.5. The van der Waals surface area contributed by atoms with E-state index in [4.69, 9.17) is 22.9 Å². The van der Waals surface area contributed by atoms with Gasteiger partial charge in [0, 0.05) is 13.0 Å². The number of hydrogen-bond donors (Lipinski definition) is 16. The van der Waals surface area contributed by atoms with E-state index in [0.717, 1.165) is 0 Å². The molecule has 0 radical (unpaired) electrons. The third kappa shape index (κ3) is 23.8. The molecular formula is C46H77N13O14. The van der Waals surface area contributed by atoms with Gasteiger partial charge < -0.3 is 85.9 Å². The van der Waals surface area contributed by atoms with Crippen molar-refractivity contribution < 1.29 is 68.4 Å². The van der Waals surface area contributed by atoms with E-state index in [0.29, 0.717) is 37.8 Å². The van der Waals surface area contributed by atoms with E-state index in [1.807, 2.05) is 0 Å². The first-order valence-corrected chi connectivity index (χ1v) is 24.0. The molecule has 8 amide bonds. The third-order valence-corrected chi connectivity index (χ3v) is 11.4. The van der Waals surface area contributed by atoms with Gasteiger partial charge in [-0.1, -0.05) is 60.1 Å². The number of carbonyl (C=O) groups excluding carboxylic acids is 8. The Morgan fingerprint density at radius 1 is 0.616 bits per heavy atom. The number of carbonyl (C=O) groups is 10. The van der Waals surface area contributed by atoms with Crippen LogP contribution in [0.3, 0.4) is 0 Å². The van der Waals surface area contributed by atoms with Crippen LogP contribution in [0, 0.1) is 17.8 Å². The van der Waals surface area contributed by atoms with E-state index in [1.165, 1.54) is 24.3 Å². The fourth-order valence-electron chi connectivity index (χ4n) is 6.91. The normalized spacial score (nSPS) is 14.8. The number of nitrogens with zero attached hydrogens (tertiary/aromatic N) is 1. The number of guanidine groups is 1. The number of aromatic hydroxyl groups is 1. The van der Waals surface area contributed by atoms with Gasteiger partial charge in [-0.05, 0) is 74.1 Å². The summed E-state index contributed by atoms with van der Waals surface area (Å²) in [6.45, 7) is 8.45. The molecule has 0 fully saturated rings. The monoisotopic (exact) mass is 1040 g/mol. The number of phenols is 1. The Balaban J connectivity index is 3.33. The minimum atomic E-state index is -1.77. The number of aliphatic imine (C=N–C) groups is 1. The maximum atomic E-state index is 14.2. The number of amides is 8. The number of hydrogen-bond acceptors (Lipinski definition) is 15. The first-order chi connectivity index (χ1) is 34.3. The Morgan fingerprint density at radius 3 is 1.64 bits per heavy atom. The van der Waals surface area contributed by atoms with Crippen molar-refractivity contribution in [2.24, 2.45) is 45.7 Å². The second-order valence-corrected chi connectivity index (χ2v) is 18.2. The lowest BCUT2D eigenvalue weighted by molar-refractivity contribution is -0.143. The Morgan fingerprint density at radius 2 is 1.14 bits per heavy atom. The number of nitrogens with two attached hydrogens (primary N) is 4. The molecule has 27 heteroatoms. The number of phenolic OH excluding ortho intramolecular Hbond substituents is 1. The number of carboxylic acid groups (broad SMARTS) is 2. The second-order valence-electron chi connectivity index (χ2n) is 18.2. The lowest BCUT2D eigenvalue weighted by Gasteiger charge is -2.29. The Hall–Kier alpha value is -7.13. The highest BCUT2D eigenvalue weighted by molar-refractivity contribution is 5.98. The van der Waals surface area contributed by atoms with Crippen molar-refractivity contribution in [3.05, 3.63) is 29.8 Å². The molecule has 410 valence electrons. The molecule has 0 aromatic heterocycles. The van der Waals surface area contributed by atoms with Crippen LogP contribution >= 0.6 is 0 Å². The zero-order valence-electron chi connectivity index (χ0n) is 42.3. The molecular weight excluding hydrogens is 959 g/mol. The average molecular weight is 1040 g/mol. The number of carboxylic acids is 2. The molecule has 9 atom stereocenters. The summed E-state index contributed by atoms with van der Waals surface area (Å²) in [7, 11) is 0. The van der Waals surface area contributed by atoms with Crippen molar-refractivity contribution in [2.75, 3.05) is 26.2 Å². The zero-order valence-corrected chi connectivity index (χ0v) is 42.3. The predicted octanol–water partition coefficient (Wildman–Crippen LogP) is -4.14.